The first-order valence-corrected chi connectivity index (χ1v) is 5.42. The Morgan fingerprint density at radius 2 is 1.88 bits per heavy atom. The molecule has 4 nitrogen and oxygen atoms in total. The summed E-state index contributed by atoms with van der Waals surface area (Å²) in [5, 5.41) is 1.03. The number of nitrogens with one attached hydrogen (secondary N) is 1. The number of hydrogen-bond donors (Lipinski definition) is 2. The molecule has 0 aliphatic heterocycles. The van der Waals surface area contributed by atoms with Crippen LogP contribution in [0.4, 0.5) is 5.95 Å². The highest BCUT2D eigenvalue weighted by molar-refractivity contribution is 5.94. The van der Waals surface area contributed by atoms with E-state index in [1.54, 1.807) is 0 Å². The van der Waals surface area contributed by atoms with E-state index >= 15 is 0 Å². The van der Waals surface area contributed by atoms with Crippen molar-refractivity contribution in [3.8, 4) is 11.3 Å². The zero-order valence-electron chi connectivity index (χ0n) is 9.44. The summed E-state index contributed by atoms with van der Waals surface area (Å²) in [6.07, 6.45) is 1.92. The minimum absolute atomic E-state index is 0.290. The number of aromatic nitrogens is 3. The van der Waals surface area contributed by atoms with Crippen LogP contribution in [0.15, 0.2) is 36.5 Å². The molecule has 3 rings (SSSR count). The van der Waals surface area contributed by atoms with Crippen molar-refractivity contribution in [3.63, 3.8) is 0 Å². The number of rotatable bonds is 1. The van der Waals surface area contributed by atoms with E-state index in [0.717, 1.165) is 27.9 Å². The maximum atomic E-state index is 5.73. The average molecular weight is 224 g/mol. The van der Waals surface area contributed by atoms with Gasteiger partial charge >= 0.3 is 0 Å². The Kier molecular flexibility index (Phi) is 2.08. The lowest BCUT2D eigenvalue weighted by atomic mass is 10.1. The molecule has 0 aliphatic rings. The molecule has 0 saturated carbocycles. The van der Waals surface area contributed by atoms with E-state index in [0.29, 0.717) is 5.95 Å². The molecule has 0 spiro atoms. The molecule has 84 valence electrons. The number of fused-ring (bicyclic) bond motifs is 1. The molecule has 0 bridgehead atoms. The minimum atomic E-state index is 0.290. The highest BCUT2D eigenvalue weighted by Gasteiger charge is 2.11. The van der Waals surface area contributed by atoms with Crippen molar-refractivity contribution < 1.29 is 0 Å². The molecule has 0 radical (unpaired) electrons. The summed E-state index contributed by atoms with van der Waals surface area (Å²) in [5.41, 5.74) is 9.57. The number of hydrogen-bond acceptors (Lipinski definition) is 3. The van der Waals surface area contributed by atoms with Crippen molar-refractivity contribution >= 4 is 17.0 Å². The second-order valence-corrected chi connectivity index (χ2v) is 3.99. The first kappa shape index (κ1) is 9.84. The van der Waals surface area contributed by atoms with Crippen LogP contribution in [0.1, 0.15) is 5.56 Å². The van der Waals surface area contributed by atoms with E-state index < -0.39 is 0 Å². The van der Waals surface area contributed by atoms with Gasteiger partial charge in [0, 0.05) is 17.1 Å². The SMILES string of the molecule is Cc1c[nH]c2nc(N)nc(-c3ccccc3)c12. The second kappa shape index (κ2) is 3.59. The second-order valence-electron chi connectivity index (χ2n) is 3.99. The van der Waals surface area contributed by atoms with Gasteiger partial charge in [0.2, 0.25) is 5.95 Å². The van der Waals surface area contributed by atoms with Crippen LogP contribution in [0.3, 0.4) is 0 Å². The normalized spacial score (nSPS) is 10.9. The molecule has 0 aliphatic carbocycles. The number of H-pyrrole nitrogens is 1. The Morgan fingerprint density at radius 3 is 2.65 bits per heavy atom. The Hall–Kier alpha value is -2.36. The largest absolute Gasteiger partial charge is 0.368 e. The van der Waals surface area contributed by atoms with Gasteiger partial charge in [-0.05, 0) is 12.5 Å². The number of anilines is 1. The lowest BCUT2D eigenvalue weighted by molar-refractivity contribution is 1.22. The van der Waals surface area contributed by atoms with Crippen LogP contribution in [0, 0.1) is 6.92 Å². The first-order chi connectivity index (χ1) is 8.25. The van der Waals surface area contributed by atoms with Gasteiger partial charge in [-0.1, -0.05) is 30.3 Å². The zero-order valence-corrected chi connectivity index (χ0v) is 9.44. The maximum absolute atomic E-state index is 5.73. The van der Waals surface area contributed by atoms with Gasteiger partial charge in [0.25, 0.3) is 0 Å². The summed E-state index contributed by atoms with van der Waals surface area (Å²) in [6.45, 7) is 2.03. The van der Waals surface area contributed by atoms with E-state index in [1.807, 2.05) is 43.5 Å². The van der Waals surface area contributed by atoms with E-state index in [1.165, 1.54) is 0 Å². The van der Waals surface area contributed by atoms with Gasteiger partial charge in [-0.15, -0.1) is 0 Å². The Morgan fingerprint density at radius 1 is 1.12 bits per heavy atom. The number of benzene rings is 1. The number of aryl methyl sites for hydroxylation is 1. The van der Waals surface area contributed by atoms with Gasteiger partial charge in [-0.3, -0.25) is 0 Å². The van der Waals surface area contributed by atoms with Gasteiger partial charge < -0.3 is 10.7 Å². The lowest BCUT2D eigenvalue weighted by Gasteiger charge is -2.04. The van der Waals surface area contributed by atoms with Crippen LogP contribution >= 0.6 is 0 Å². The van der Waals surface area contributed by atoms with Gasteiger partial charge in [-0.2, -0.15) is 4.98 Å². The maximum Gasteiger partial charge on any atom is 0.222 e. The molecule has 17 heavy (non-hydrogen) atoms. The monoisotopic (exact) mass is 224 g/mol. The van der Waals surface area contributed by atoms with Crippen molar-refractivity contribution in [1.29, 1.82) is 0 Å². The van der Waals surface area contributed by atoms with E-state index in [-0.39, 0.29) is 0 Å². The lowest BCUT2D eigenvalue weighted by Crippen LogP contribution is -1.97. The molecule has 1 aromatic carbocycles. The van der Waals surface area contributed by atoms with Gasteiger partial charge in [0.1, 0.15) is 5.65 Å². The molecule has 3 aromatic rings. The Bertz CT molecular complexity index is 670. The van der Waals surface area contributed by atoms with Crippen LogP contribution in [0.25, 0.3) is 22.3 Å². The molecule has 0 fully saturated rings. The summed E-state index contributed by atoms with van der Waals surface area (Å²) in [5.74, 6) is 0.290. The summed E-state index contributed by atoms with van der Waals surface area (Å²) in [7, 11) is 0. The van der Waals surface area contributed by atoms with Crippen LogP contribution in [-0.2, 0) is 0 Å². The van der Waals surface area contributed by atoms with Gasteiger partial charge in [0.15, 0.2) is 0 Å². The standard InChI is InChI=1S/C13H12N4/c1-8-7-15-12-10(8)11(16-13(14)17-12)9-5-3-2-4-6-9/h2-7H,1H3,(H3,14,15,16,17). The fourth-order valence-corrected chi connectivity index (χ4v) is 2.01. The Labute approximate surface area is 98.5 Å². The molecule has 2 heterocycles. The molecule has 4 heteroatoms. The molecule has 0 unspecified atom stereocenters. The third kappa shape index (κ3) is 1.54. The summed E-state index contributed by atoms with van der Waals surface area (Å²) in [6, 6.07) is 10.00. The summed E-state index contributed by atoms with van der Waals surface area (Å²) < 4.78 is 0. The number of aromatic amines is 1. The fraction of sp³-hybridized carbons (Fsp3) is 0.0769. The van der Waals surface area contributed by atoms with Crippen LogP contribution in [-0.4, -0.2) is 15.0 Å². The number of nitrogens with zero attached hydrogens (tertiary/aromatic N) is 2. The van der Waals surface area contributed by atoms with Crippen molar-refractivity contribution in [2.45, 2.75) is 6.92 Å². The van der Waals surface area contributed by atoms with Gasteiger partial charge in [0.05, 0.1) is 5.69 Å². The first-order valence-electron chi connectivity index (χ1n) is 5.42. The summed E-state index contributed by atoms with van der Waals surface area (Å²) >= 11 is 0. The highest BCUT2D eigenvalue weighted by atomic mass is 15.0. The molecule has 2 aromatic heterocycles. The third-order valence-electron chi connectivity index (χ3n) is 2.79. The van der Waals surface area contributed by atoms with E-state index in [9.17, 15) is 0 Å². The zero-order chi connectivity index (χ0) is 11.8. The minimum Gasteiger partial charge on any atom is -0.368 e. The van der Waals surface area contributed by atoms with Crippen molar-refractivity contribution in [3.05, 3.63) is 42.1 Å². The number of nitrogen functional groups attached to an aromatic ring is 1. The van der Waals surface area contributed by atoms with Crippen molar-refractivity contribution in [2.24, 2.45) is 0 Å². The topological polar surface area (TPSA) is 67.6 Å². The third-order valence-corrected chi connectivity index (χ3v) is 2.79. The quantitative estimate of drug-likeness (QED) is 0.667. The molecular formula is C13H12N4. The van der Waals surface area contributed by atoms with Crippen LogP contribution in [0.2, 0.25) is 0 Å². The van der Waals surface area contributed by atoms with Crippen LogP contribution < -0.4 is 5.73 Å². The fourth-order valence-electron chi connectivity index (χ4n) is 2.01. The van der Waals surface area contributed by atoms with Gasteiger partial charge in [-0.25, -0.2) is 4.98 Å². The molecule has 3 N–H and O–H groups in total. The molecule has 0 amide bonds. The predicted molar refractivity (Wildman–Crippen MR) is 68.5 cm³/mol. The van der Waals surface area contributed by atoms with E-state index in [4.69, 9.17) is 5.73 Å². The summed E-state index contributed by atoms with van der Waals surface area (Å²) in [4.78, 5) is 11.7. The van der Waals surface area contributed by atoms with Crippen molar-refractivity contribution in [2.75, 3.05) is 5.73 Å². The average Bonchev–Trinajstić information content (AvgIpc) is 2.71. The highest BCUT2D eigenvalue weighted by Crippen LogP contribution is 2.28. The predicted octanol–water partition coefficient (Wildman–Crippen LogP) is 2.52. The molecule has 0 saturated heterocycles. The van der Waals surface area contributed by atoms with Crippen molar-refractivity contribution in [1.82, 2.24) is 15.0 Å². The number of nitrogens with two attached hydrogens (primary N) is 1. The smallest absolute Gasteiger partial charge is 0.222 e. The Balaban J connectivity index is 2.39. The molecular weight excluding hydrogens is 212 g/mol. The van der Waals surface area contributed by atoms with Crippen LogP contribution in [0.5, 0.6) is 0 Å². The van der Waals surface area contributed by atoms with E-state index in [2.05, 4.69) is 15.0 Å². The molecule has 0 atom stereocenters.